The standard InChI is InChI=1S/C25H30N6O/c1-2-3-10-22-26-25(15-6-7-16-25)24(32)31(22)17-18-11-13-19(14-12-18)20-8-4-5-9-21(20)23-27-29-30-28-23/h4-5,8-9,11-14,22,26H,2-3,6-7,10,15-17H2,1H3,(H,27,28,29,30). The van der Waals surface area contributed by atoms with E-state index in [1.807, 2.05) is 18.2 Å². The molecule has 5 rings (SSSR count). The number of aromatic nitrogens is 4. The molecule has 7 heteroatoms. The molecule has 1 aromatic heterocycles. The molecule has 1 unspecified atom stereocenters. The van der Waals surface area contributed by atoms with Gasteiger partial charge in [0.1, 0.15) is 0 Å². The zero-order chi connectivity index (χ0) is 22.0. The molecule has 2 aromatic carbocycles. The number of hydrogen-bond donors (Lipinski definition) is 2. The van der Waals surface area contributed by atoms with Crippen molar-refractivity contribution in [3.05, 3.63) is 54.1 Å². The van der Waals surface area contributed by atoms with Gasteiger partial charge in [-0.25, -0.2) is 0 Å². The van der Waals surface area contributed by atoms with Gasteiger partial charge in [-0.1, -0.05) is 81.1 Å². The smallest absolute Gasteiger partial charge is 0.244 e. The molecule has 1 saturated carbocycles. The number of tetrazole rings is 1. The number of carbonyl (C=O) groups excluding carboxylic acids is 1. The summed E-state index contributed by atoms with van der Waals surface area (Å²) in [5.74, 6) is 0.877. The van der Waals surface area contributed by atoms with Crippen LogP contribution < -0.4 is 5.32 Å². The lowest BCUT2D eigenvalue weighted by Gasteiger charge is -2.24. The van der Waals surface area contributed by atoms with E-state index in [2.05, 4.69) is 68.1 Å². The van der Waals surface area contributed by atoms with Crippen LogP contribution in [-0.2, 0) is 11.3 Å². The highest BCUT2D eigenvalue weighted by Crippen LogP contribution is 2.38. The molecule has 32 heavy (non-hydrogen) atoms. The van der Waals surface area contributed by atoms with Crippen LogP contribution in [0.15, 0.2) is 48.5 Å². The van der Waals surface area contributed by atoms with Crippen LogP contribution in [-0.4, -0.2) is 43.1 Å². The third kappa shape index (κ3) is 3.81. The number of rotatable bonds is 7. The minimum atomic E-state index is -0.318. The number of aromatic amines is 1. The lowest BCUT2D eigenvalue weighted by Crippen LogP contribution is -2.44. The maximum atomic E-state index is 13.4. The van der Waals surface area contributed by atoms with Crippen LogP contribution in [0.25, 0.3) is 22.5 Å². The van der Waals surface area contributed by atoms with Crippen LogP contribution in [0.2, 0.25) is 0 Å². The van der Waals surface area contributed by atoms with Gasteiger partial charge in [-0.3, -0.25) is 10.1 Å². The molecule has 1 aliphatic heterocycles. The third-order valence-electron chi connectivity index (χ3n) is 6.91. The van der Waals surface area contributed by atoms with Crippen molar-refractivity contribution in [1.29, 1.82) is 0 Å². The minimum Gasteiger partial charge on any atom is -0.321 e. The lowest BCUT2D eigenvalue weighted by molar-refractivity contribution is -0.133. The maximum absolute atomic E-state index is 13.4. The van der Waals surface area contributed by atoms with E-state index >= 15 is 0 Å². The normalized spacial score (nSPS) is 19.8. The molecule has 3 aromatic rings. The van der Waals surface area contributed by atoms with E-state index in [9.17, 15) is 4.79 Å². The van der Waals surface area contributed by atoms with E-state index in [1.165, 1.54) is 0 Å². The predicted molar refractivity (Wildman–Crippen MR) is 123 cm³/mol. The van der Waals surface area contributed by atoms with Gasteiger partial charge in [0.2, 0.25) is 11.7 Å². The Morgan fingerprint density at radius 3 is 2.50 bits per heavy atom. The molecular formula is C25H30N6O. The molecule has 1 amide bonds. The zero-order valence-corrected chi connectivity index (χ0v) is 18.6. The van der Waals surface area contributed by atoms with Gasteiger partial charge in [-0.05, 0) is 41.2 Å². The van der Waals surface area contributed by atoms with Crippen molar-refractivity contribution in [2.24, 2.45) is 0 Å². The topological polar surface area (TPSA) is 86.8 Å². The van der Waals surface area contributed by atoms with E-state index in [-0.39, 0.29) is 11.7 Å². The summed E-state index contributed by atoms with van der Waals surface area (Å²) in [7, 11) is 0. The monoisotopic (exact) mass is 430 g/mol. The van der Waals surface area contributed by atoms with Gasteiger partial charge in [0.25, 0.3) is 0 Å². The molecule has 0 bridgehead atoms. The fourth-order valence-corrected chi connectivity index (χ4v) is 5.21. The highest BCUT2D eigenvalue weighted by atomic mass is 16.2. The second kappa shape index (κ2) is 8.82. The first-order valence-corrected chi connectivity index (χ1v) is 11.7. The Bertz CT molecular complexity index is 1060. The highest BCUT2D eigenvalue weighted by Gasteiger charge is 2.51. The Labute approximate surface area is 188 Å². The summed E-state index contributed by atoms with van der Waals surface area (Å²) in [6.07, 6.45) is 7.64. The number of carbonyl (C=O) groups is 1. The molecule has 166 valence electrons. The largest absolute Gasteiger partial charge is 0.321 e. The predicted octanol–water partition coefficient (Wildman–Crippen LogP) is 4.29. The summed E-state index contributed by atoms with van der Waals surface area (Å²) >= 11 is 0. The van der Waals surface area contributed by atoms with E-state index < -0.39 is 0 Å². The Hall–Kier alpha value is -3.06. The first-order chi connectivity index (χ1) is 15.7. The second-order valence-electron chi connectivity index (χ2n) is 9.00. The highest BCUT2D eigenvalue weighted by molar-refractivity contribution is 5.89. The van der Waals surface area contributed by atoms with Gasteiger partial charge in [0.15, 0.2) is 0 Å². The molecule has 0 radical (unpaired) electrons. The Balaban J connectivity index is 1.37. The van der Waals surface area contributed by atoms with Gasteiger partial charge < -0.3 is 4.90 Å². The van der Waals surface area contributed by atoms with E-state index in [1.54, 1.807) is 0 Å². The summed E-state index contributed by atoms with van der Waals surface area (Å²) in [5.41, 5.74) is 3.93. The summed E-state index contributed by atoms with van der Waals surface area (Å²) in [6, 6.07) is 16.6. The van der Waals surface area contributed by atoms with Crippen molar-refractivity contribution in [1.82, 2.24) is 30.8 Å². The molecule has 2 fully saturated rings. The van der Waals surface area contributed by atoms with Gasteiger partial charge in [0.05, 0.1) is 11.7 Å². The van der Waals surface area contributed by atoms with Crippen molar-refractivity contribution in [3.63, 3.8) is 0 Å². The van der Waals surface area contributed by atoms with Gasteiger partial charge in [-0.15, -0.1) is 10.2 Å². The van der Waals surface area contributed by atoms with Crippen molar-refractivity contribution in [2.75, 3.05) is 0 Å². The van der Waals surface area contributed by atoms with Crippen LogP contribution in [0, 0.1) is 0 Å². The zero-order valence-electron chi connectivity index (χ0n) is 18.6. The van der Waals surface area contributed by atoms with Crippen LogP contribution >= 0.6 is 0 Å². The van der Waals surface area contributed by atoms with Crippen LogP contribution in [0.1, 0.15) is 57.4 Å². The molecule has 7 nitrogen and oxygen atoms in total. The maximum Gasteiger partial charge on any atom is 0.244 e. The van der Waals surface area contributed by atoms with Crippen LogP contribution in [0.5, 0.6) is 0 Å². The van der Waals surface area contributed by atoms with Crippen molar-refractivity contribution >= 4 is 5.91 Å². The van der Waals surface area contributed by atoms with Crippen molar-refractivity contribution in [3.8, 4) is 22.5 Å². The number of amides is 1. The first kappa shape index (κ1) is 20.8. The molecular weight excluding hydrogens is 400 g/mol. The van der Waals surface area contributed by atoms with Crippen molar-refractivity contribution in [2.45, 2.75) is 70.1 Å². The van der Waals surface area contributed by atoms with Gasteiger partial charge in [0, 0.05) is 12.1 Å². The molecule has 2 N–H and O–H groups in total. The number of benzene rings is 2. The Morgan fingerprint density at radius 1 is 1.06 bits per heavy atom. The Morgan fingerprint density at radius 2 is 1.81 bits per heavy atom. The number of H-pyrrole nitrogens is 1. The summed E-state index contributed by atoms with van der Waals surface area (Å²) in [6.45, 7) is 2.85. The SMILES string of the molecule is CCCCC1NC2(CCCC2)C(=O)N1Cc1ccc(-c2ccccc2-c2nn[nH]n2)cc1. The van der Waals surface area contributed by atoms with E-state index in [0.29, 0.717) is 18.3 Å². The first-order valence-electron chi connectivity index (χ1n) is 11.7. The average Bonchev–Trinajstić information content (AvgIpc) is 3.58. The molecule has 2 heterocycles. The lowest BCUT2D eigenvalue weighted by atomic mass is 9.97. The molecule has 1 spiro atoms. The summed E-state index contributed by atoms with van der Waals surface area (Å²) in [5, 5.41) is 18.2. The van der Waals surface area contributed by atoms with E-state index in [4.69, 9.17) is 0 Å². The minimum absolute atomic E-state index is 0.138. The molecule has 1 atom stereocenters. The third-order valence-corrected chi connectivity index (χ3v) is 6.91. The summed E-state index contributed by atoms with van der Waals surface area (Å²) < 4.78 is 0. The van der Waals surface area contributed by atoms with Crippen molar-refractivity contribution < 1.29 is 4.79 Å². The number of nitrogens with one attached hydrogen (secondary N) is 2. The van der Waals surface area contributed by atoms with Crippen LogP contribution in [0.3, 0.4) is 0 Å². The molecule has 1 aliphatic carbocycles. The fraction of sp³-hybridized carbons (Fsp3) is 0.440. The quantitative estimate of drug-likeness (QED) is 0.584. The molecule has 2 aliphatic rings. The number of hydrogen-bond acceptors (Lipinski definition) is 5. The van der Waals surface area contributed by atoms with E-state index in [0.717, 1.165) is 67.2 Å². The fourth-order valence-electron chi connectivity index (χ4n) is 5.21. The second-order valence-corrected chi connectivity index (χ2v) is 9.00. The number of nitrogens with zero attached hydrogens (tertiary/aromatic N) is 4. The van der Waals surface area contributed by atoms with Crippen LogP contribution in [0.4, 0.5) is 0 Å². The van der Waals surface area contributed by atoms with Gasteiger partial charge >= 0.3 is 0 Å². The Kier molecular flexibility index (Phi) is 5.74. The molecule has 1 saturated heterocycles. The summed E-state index contributed by atoms with van der Waals surface area (Å²) in [4.78, 5) is 15.5. The average molecular weight is 431 g/mol. The number of unbranched alkanes of at least 4 members (excludes halogenated alkanes) is 1. The van der Waals surface area contributed by atoms with Gasteiger partial charge in [-0.2, -0.15) is 5.21 Å².